The van der Waals surface area contributed by atoms with E-state index in [0.717, 1.165) is 0 Å². The quantitative estimate of drug-likeness (QED) is 0.788. The molecule has 1 aromatic carbocycles. The average molecular weight is 311 g/mol. The number of hydrogen-bond donors (Lipinski definition) is 2. The Morgan fingerprint density at radius 3 is 3.05 bits per heavy atom. The van der Waals surface area contributed by atoms with Gasteiger partial charge in [-0.05, 0) is 18.2 Å². The van der Waals surface area contributed by atoms with Crippen molar-refractivity contribution in [1.29, 1.82) is 0 Å². The fourth-order valence-electron chi connectivity index (χ4n) is 2.30. The molecule has 0 bridgehead atoms. The van der Waals surface area contributed by atoms with Crippen LogP contribution in [0.5, 0.6) is 0 Å². The molecule has 1 aliphatic heterocycles. The monoisotopic (exact) mass is 311 g/mol. The number of nitrogens with two attached hydrogens (primary N) is 1. The lowest BCUT2D eigenvalue weighted by Crippen LogP contribution is -2.52. The summed E-state index contributed by atoms with van der Waals surface area (Å²) in [7, 11) is 1.57. The number of benzene rings is 1. The summed E-state index contributed by atoms with van der Waals surface area (Å²) in [6.45, 7) is 1.69. The highest BCUT2D eigenvalue weighted by Gasteiger charge is 2.29. The zero-order valence-electron chi connectivity index (χ0n) is 11.8. The Kier molecular flexibility index (Phi) is 5.22. The minimum atomic E-state index is -0.420. The minimum absolute atomic E-state index is 0.138. The number of likely N-dealkylation sites (N-methyl/N-ethyl adjacent to an activating group) is 1. The zero-order valence-corrected chi connectivity index (χ0v) is 12.6. The van der Waals surface area contributed by atoms with E-state index in [9.17, 15) is 9.18 Å². The van der Waals surface area contributed by atoms with Crippen molar-refractivity contribution >= 4 is 23.1 Å². The predicted octanol–water partition coefficient (Wildman–Crippen LogP) is 0.407. The van der Waals surface area contributed by atoms with Gasteiger partial charge in [0.25, 0.3) is 0 Å². The van der Waals surface area contributed by atoms with Crippen LogP contribution in [0.1, 0.15) is 11.1 Å². The van der Waals surface area contributed by atoms with Gasteiger partial charge in [0.1, 0.15) is 16.8 Å². The third-order valence-corrected chi connectivity index (χ3v) is 3.73. The summed E-state index contributed by atoms with van der Waals surface area (Å²) in [5.41, 5.74) is 6.66. The second kappa shape index (κ2) is 6.93. The van der Waals surface area contributed by atoms with Gasteiger partial charge in [-0.3, -0.25) is 9.69 Å². The number of morpholine rings is 1. The van der Waals surface area contributed by atoms with Gasteiger partial charge >= 0.3 is 0 Å². The highest BCUT2D eigenvalue weighted by atomic mass is 32.1. The standard InChI is InChI=1S/C14H18FN3O2S/c1-17-14(19)12-8-20-5-4-18(12)7-10-6-9(13(16)21)2-3-11(10)15/h2-3,6,12H,4-5,7-8H2,1H3,(H2,16,21)(H,17,19). The molecular formula is C14H18FN3O2S. The third-order valence-electron chi connectivity index (χ3n) is 3.49. The molecule has 0 radical (unpaired) electrons. The van der Waals surface area contributed by atoms with E-state index in [2.05, 4.69) is 5.32 Å². The van der Waals surface area contributed by atoms with Gasteiger partial charge < -0.3 is 15.8 Å². The SMILES string of the molecule is CNC(=O)C1COCCN1Cc1cc(C(N)=S)ccc1F. The van der Waals surface area contributed by atoms with Crippen LogP contribution in [-0.4, -0.2) is 48.6 Å². The fourth-order valence-corrected chi connectivity index (χ4v) is 2.43. The molecule has 3 N–H and O–H groups in total. The highest BCUT2D eigenvalue weighted by molar-refractivity contribution is 7.80. The second-order valence-corrected chi connectivity index (χ2v) is 5.29. The Hall–Kier alpha value is -1.57. The summed E-state index contributed by atoms with van der Waals surface area (Å²) in [4.78, 5) is 14.0. The van der Waals surface area contributed by atoms with Crippen molar-refractivity contribution in [3.05, 3.63) is 35.1 Å². The molecule has 0 aliphatic carbocycles. The Balaban J connectivity index is 2.20. The minimum Gasteiger partial charge on any atom is -0.389 e. The van der Waals surface area contributed by atoms with Gasteiger partial charge in [-0.15, -0.1) is 0 Å². The molecule has 1 unspecified atom stereocenters. The van der Waals surface area contributed by atoms with Gasteiger partial charge in [0, 0.05) is 31.3 Å². The van der Waals surface area contributed by atoms with Gasteiger partial charge in [0.2, 0.25) is 5.91 Å². The van der Waals surface area contributed by atoms with E-state index >= 15 is 0 Å². The molecule has 5 nitrogen and oxygen atoms in total. The second-order valence-electron chi connectivity index (χ2n) is 4.85. The summed E-state index contributed by atoms with van der Waals surface area (Å²) < 4.78 is 19.3. The van der Waals surface area contributed by atoms with Gasteiger partial charge in [0.05, 0.1) is 13.2 Å². The molecule has 1 amide bonds. The number of amides is 1. The van der Waals surface area contributed by atoms with E-state index in [0.29, 0.717) is 37.4 Å². The number of nitrogens with zero attached hydrogens (tertiary/aromatic N) is 1. The summed E-state index contributed by atoms with van der Waals surface area (Å²) in [6, 6.07) is 4.11. The molecule has 114 valence electrons. The molecule has 1 aliphatic rings. The smallest absolute Gasteiger partial charge is 0.239 e. The Morgan fingerprint density at radius 1 is 1.62 bits per heavy atom. The molecule has 7 heteroatoms. The van der Waals surface area contributed by atoms with Crippen LogP contribution in [0.2, 0.25) is 0 Å². The van der Waals surface area contributed by atoms with E-state index in [4.69, 9.17) is 22.7 Å². The first-order valence-corrected chi connectivity index (χ1v) is 7.05. The van der Waals surface area contributed by atoms with Crippen molar-refractivity contribution in [2.45, 2.75) is 12.6 Å². The fraction of sp³-hybridized carbons (Fsp3) is 0.429. The molecule has 1 fully saturated rings. The Labute approximate surface area is 128 Å². The van der Waals surface area contributed by atoms with Gasteiger partial charge in [-0.25, -0.2) is 4.39 Å². The van der Waals surface area contributed by atoms with Crippen LogP contribution in [0.4, 0.5) is 4.39 Å². The van der Waals surface area contributed by atoms with E-state index in [1.54, 1.807) is 19.2 Å². The molecule has 21 heavy (non-hydrogen) atoms. The lowest BCUT2D eigenvalue weighted by atomic mass is 10.1. The number of hydrogen-bond acceptors (Lipinski definition) is 4. The van der Waals surface area contributed by atoms with Crippen molar-refractivity contribution in [3.8, 4) is 0 Å². The molecule has 1 saturated heterocycles. The number of nitrogens with one attached hydrogen (secondary N) is 1. The largest absolute Gasteiger partial charge is 0.389 e. The van der Waals surface area contributed by atoms with Crippen LogP contribution in [-0.2, 0) is 16.1 Å². The maximum absolute atomic E-state index is 14.0. The predicted molar refractivity (Wildman–Crippen MR) is 81.4 cm³/mol. The number of thiocarbonyl (C=S) groups is 1. The molecule has 1 aromatic rings. The van der Waals surface area contributed by atoms with Crippen LogP contribution in [0.3, 0.4) is 0 Å². The van der Waals surface area contributed by atoms with E-state index in [1.165, 1.54) is 6.07 Å². The maximum Gasteiger partial charge on any atom is 0.239 e. The summed E-state index contributed by atoms with van der Waals surface area (Å²) >= 11 is 4.91. The molecule has 2 rings (SSSR count). The maximum atomic E-state index is 14.0. The van der Waals surface area contributed by atoms with Crippen LogP contribution < -0.4 is 11.1 Å². The lowest BCUT2D eigenvalue weighted by Gasteiger charge is -2.34. The van der Waals surface area contributed by atoms with Crippen molar-refractivity contribution < 1.29 is 13.9 Å². The average Bonchev–Trinajstić information content (AvgIpc) is 2.49. The van der Waals surface area contributed by atoms with Crippen molar-refractivity contribution in [2.75, 3.05) is 26.8 Å². The Morgan fingerprint density at radius 2 is 2.38 bits per heavy atom. The van der Waals surface area contributed by atoms with Gasteiger partial charge in [0.15, 0.2) is 0 Å². The summed E-state index contributed by atoms with van der Waals surface area (Å²) in [5.74, 6) is -0.474. The first-order valence-electron chi connectivity index (χ1n) is 6.64. The topological polar surface area (TPSA) is 67.6 Å². The van der Waals surface area contributed by atoms with Crippen LogP contribution in [0, 0.1) is 5.82 Å². The number of ether oxygens (including phenoxy) is 1. The van der Waals surface area contributed by atoms with Crippen molar-refractivity contribution in [1.82, 2.24) is 10.2 Å². The first-order chi connectivity index (χ1) is 10.0. The lowest BCUT2D eigenvalue weighted by molar-refractivity contribution is -0.132. The van der Waals surface area contributed by atoms with Crippen LogP contribution in [0.25, 0.3) is 0 Å². The zero-order chi connectivity index (χ0) is 15.4. The molecule has 0 aromatic heterocycles. The number of carbonyl (C=O) groups is 1. The molecular weight excluding hydrogens is 293 g/mol. The molecule has 1 atom stereocenters. The summed E-state index contributed by atoms with van der Waals surface area (Å²) in [6.07, 6.45) is 0. The van der Waals surface area contributed by atoms with Crippen molar-refractivity contribution in [2.24, 2.45) is 5.73 Å². The molecule has 0 saturated carbocycles. The van der Waals surface area contributed by atoms with Crippen molar-refractivity contribution in [3.63, 3.8) is 0 Å². The molecule has 1 heterocycles. The van der Waals surface area contributed by atoms with E-state index in [1.807, 2.05) is 4.90 Å². The van der Waals surface area contributed by atoms with Gasteiger partial charge in [-0.1, -0.05) is 12.2 Å². The Bertz CT molecular complexity index is 553. The number of carbonyl (C=O) groups excluding carboxylic acids is 1. The van der Waals surface area contributed by atoms with E-state index < -0.39 is 6.04 Å². The third kappa shape index (κ3) is 3.75. The van der Waals surface area contributed by atoms with Crippen LogP contribution in [0.15, 0.2) is 18.2 Å². The van der Waals surface area contributed by atoms with E-state index in [-0.39, 0.29) is 16.7 Å². The molecule has 0 spiro atoms. The van der Waals surface area contributed by atoms with Crippen LogP contribution >= 0.6 is 12.2 Å². The first kappa shape index (κ1) is 15.8. The number of halogens is 1. The number of rotatable bonds is 4. The summed E-state index contributed by atoms with van der Waals surface area (Å²) in [5, 5.41) is 2.60. The normalized spacial score (nSPS) is 19.2. The highest BCUT2D eigenvalue weighted by Crippen LogP contribution is 2.17. The van der Waals surface area contributed by atoms with Gasteiger partial charge in [-0.2, -0.15) is 0 Å².